The van der Waals surface area contributed by atoms with Crippen LogP contribution >= 0.6 is 0 Å². The van der Waals surface area contributed by atoms with Crippen molar-refractivity contribution < 1.29 is 7.77 Å². The average molecular weight is 120 g/mol. The second-order valence-electron chi connectivity index (χ2n) is 2.08. The highest BCUT2D eigenvalue weighted by Crippen LogP contribution is 2.09. The topological polar surface area (TPSA) is 14.0 Å². The number of fused-ring (bicyclic) bond motifs is 1. The molecule has 1 N–H and O–H groups in total. The number of nitrogens with one attached hydrogen (secondary N) is 1. The molecule has 9 heavy (non-hydrogen) atoms. The van der Waals surface area contributed by atoms with Crippen LogP contribution in [0.4, 0.5) is 5.69 Å². The lowest BCUT2D eigenvalue weighted by Gasteiger charge is -1.85. The number of hydrogen-bond donors (Lipinski definition) is 1. The van der Waals surface area contributed by atoms with Gasteiger partial charge < -0.3 is 0 Å². The Labute approximate surface area is 56.9 Å². The average Bonchev–Trinajstić information content (AvgIpc) is 2.30. The van der Waals surface area contributed by atoms with Gasteiger partial charge in [0, 0.05) is 11.6 Å². The molecule has 0 saturated heterocycles. The summed E-state index contributed by atoms with van der Waals surface area (Å²) in [6, 6.07) is 7.65. The molecule has 1 heterocycles. The zero-order chi connectivity index (χ0) is 7.84. The standard InChI is InChI=1S/C8H7N/c1-2-4-8-7(3-1)5-6-9-8/h1-4,6H,5H2/p+1/i6D/hD. The SMILES string of the molecule is [2H]C1=[N+]([2H])c2ccccc2C1. The van der Waals surface area contributed by atoms with E-state index >= 15 is 0 Å². The first-order chi connectivity index (χ1) is 5.29. The molecule has 0 aromatic heterocycles. The van der Waals surface area contributed by atoms with Gasteiger partial charge in [0.1, 0.15) is 7.56 Å². The molecule has 0 fully saturated rings. The van der Waals surface area contributed by atoms with E-state index in [2.05, 4.69) is 0 Å². The zero-order valence-electron chi connectivity index (χ0n) is 6.96. The molecular weight excluding hydrogens is 110 g/mol. The largest absolute Gasteiger partial charge is 0.453 e. The maximum Gasteiger partial charge on any atom is 0.453 e. The molecule has 1 nitrogen and oxygen atoms in total. The maximum atomic E-state index is 7.43. The van der Waals surface area contributed by atoms with E-state index in [4.69, 9.17) is 2.78 Å². The van der Waals surface area contributed by atoms with Crippen molar-refractivity contribution in [3.05, 3.63) is 29.8 Å². The quantitative estimate of drug-likeness (QED) is 0.496. The molecule has 0 radical (unpaired) electrons. The molecule has 44 valence electrons. The van der Waals surface area contributed by atoms with Crippen LogP contribution in [0.25, 0.3) is 0 Å². The molecule has 0 amide bonds. The van der Waals surface area contributed by atoms with E-state index < -0.39 is 0 Å². The molecule has 2 rings (SSSR count). The molecule has 0 unspecified atom stereocenters. The second-order valence-corrected chi connectivity index (χ2v) is 2.08. The van der Waals surface area contributed by atoms with Gasteiger partial charge in [-0.1, -0.05) is 18.2 Å². The Balaban J connectivity index is 2.60. The van der Waals surface area contributed by atoms with Gasteiger partial charge >= 0.3 is 1.41 Å². The smallest absolute Gasteiger partial charge is 0.215 e. The Kier molecular flexibility index (Phi) is 0.593. The fraction of sp³-hybridized carbons (Fsp3) is 0.125. The lowest BCUT2D eigenvalue weighted by molar-refractivity contribution is -0.343. The van der Waals surface area contributed by atoms with E-state index in [1.54, 1.807) is 0 Å². The van der Waals surface area contributed by atoms with Crippen molar-refractivity contribution in [1.29, 1.82) is 0 Å². The summed E-state index contributed by atoms with van der Waals surface area (Å²) in [6.45, 7) is 0. The highest BCUT2D eigenvalue weighted by Gasteiger charge is 2.09. The minimum absolute atomic E-state index is 0.353. The predicted molar refractivity (Wildman–Crippen MR) is 36.8 cm³/mol. The highest BCUT2D eigenvalue weighted by molar-refractivity contribution is 5.65. The van der Waals surface area contributed by atoms with Gasteiger partial charge in [-0.05, 0) is 0 Å². The van der Waals surface area contributed by atoms with Crippen LogP contribution in [-0.4, -0.2) is 6.19 Å². The first-order valence-corrected chi connectivity index (χ1v) is 2.98. The fourth-order valence-corrected chi connectivity index (χ4v) is 0.979. The van der Waals surface area contributed by atoms with Gasteiger partial charge in [-0.3, -0.25) is 0 Å². The minimum atomic E-state index is 0.353. The first-order valence-electron chi connectivity index (χ1n) is 3.93. The monoisotopic (exact) mass is 120 g/mol. The maximum absolute atomic E-state index is 7.43. The van der Waals surface area contributed by atoms with Crippen molar-refractivity contribution in [1.82, 2.24) is 0 Å². The highest BCUT2D eigenvalue weighted by atomic mass is 14.7. The second kappa shape index (κ2) is 1.69. The van der Waals surface area contributed by atoms with Gasteiger partial charge in [0.05, 0.1) is 6.42 Å². The molecule has 0 spiro atoms. The number of benzene rings is 1. The summed E-state index contributed by atoms with van der Waals surface area (Å²) in [5, 5.41) is 0. The molecule has 1 aliphatic heterocycles. The van der Waals surface area contributed by atoms with Crippen molar-refractivity contribution >= 4 is 11.9 Å². The predicted octanol–water partition coefficient (Wildman–Crippen LogP) is 0.0256. The summed E-state index contributed by atoms with van der Waals surface area (Å²) in [6.07, 6.45) is 0.950. The number of para-hydroxylation sites is 1. The molecule has 0 atom stereocenters. The minimum Gasteiger partial charge on any atom is -0.215 e. The molecule has 0 bridgehead atoms. The van der Waals surface area contributed by atoms with E-state index in [9.17, 15) is 0 Å². The van der Waals surface area contributed by atoms with Crippen LogP contribution in [0.15, 0.2) is 24.3 Å². The van der Waals surface area contributed by atoms with E-state index in [0.717, 1.165) is 11.3 Å². The number of rotatable bonds is 0. The van der Waals surface area contributed by atoms with Crippen molar-refractivity contribution in [2.45, 2.75) is 6.42 Å². The molecule has 0 saturated carbocycles. The Morgan fingerprint density at radius 1 is 1.56 bits per heavy atom. The summed E-state index contributed by atoms with van der Waals surface area (Å²) in [7, 11) is 0. The third-order valence-corrected chi connectivity index (χ3v) is 1.46. The molecule has 1 heteroatoms. The van der Waals surface area contributed by atoms with Crippen molar-refractivity contribution in [2.24, 2.45) is 0 Å². The van der Waals surface area contributed by atoms with Crippen LogP contribution in [0.2, 0.25) is 1.41 Å². The summed E-state index contributed by atoms with van der Waals surface area (Å²) in [4.78, 5) is 1.18. The lowest BCUT2D eigenvalue weighted by Crippen LogP contribution is -2.58. The van der Waals surface area contributed by atoms with Crippen LogP contribution in [0.5, 0.6) is 0 Å². The Bertz CT molecular complexity index is 331. The van der Waals surface area contributed by atoms with Crippen LogP contribution in [0.3, 0.4) is 0 Å². The van der Waals surface area contributed by atoms with Gasteiger partial charge in [-0.25, -0.2) is 4.99 Å². The normalized spacial score (nSPS) is 19.1. The van der Waals surface area contributed by atoms with E-state index in [1.807, 2.05) is 24.3 Å². The third-order valence-electron chi connectivity index (χ3n) is 1.46. The fourth-order valence-electron chi connectivity index (χ4n) is 0.979. The Morgan fingerprint density at radius 2 is 2.44 bits per heavy atom. The molecule has 1 aromatic rings. The van der Waals surface area contributed by atoms with Gasteiger partial charge in [-0.15, -0.1) is 0 Å². The molecule has 1 aromatic carbocycles. The molecular formula is C8H8N+. The van der Waals surface area contributed by atoms with Gasteiger partial charge in [0.25, 0.3) is 0 Å². The summed E-state index contributed by atoms with van der Waals surface area (Å²) in [5.41, 5.74) is 1.92. The first kappa shape index (κ1) is 3.16. The Hall–Kier alpha value is -1.11. The van der Waals surface area contributed by atoms with Crippen molar-refractivity contribution in [3.8, 4) is 0 Å². The van der Waals surface area contributed by atoms with E-state index in [0.29, 0.717) is 12.6 Å². The van der Waals surface area contributed by atoms with Gasteiger partial charge in [0.2, 0.25) is 5.69 Å². The van der Waals surface area contributed by atoms with Crippen LogP contribution in [-0.2, 0) is 6.42 Å². The van der Waals surface area contributed by atoms with Crippen LogP contribution in [0, 0.1) is 0 Å². The zero-order valence-corrected chi connectivity index (χ0v) is 4.96. The van der Waals surface area contributed by atoms with Crippen molar-refractivity contribution in [3.63, 3.8) is 0 Å². The Morgan fingerprint density at radius 3 is 3.33 bits per heavy atom. The molecule has 0 aliphatic carbocycles. The van der Waals surface area contributed by atoms with Gasteiger partial charge in [-0.2, -0.15) is 0 Å². The van der Waals surface area contributed by atoms with Gasteiger partial charge in [0.15, 0.2) is 0 Å². The summed E-state index contributed by atoms with van der Waals surface area (Å²) < 4.78 is 14.8. The summed E-state index contributed by atoms with van der Waals surface area (Å²) in [5.74, 6) is 0. The van der Waals surface area contributed by atoms with Crippen LogP contribution < -0.4 is 4.99 Å². The van der Waals surface area contributed by atoms with E-state index in [1.165, 1.54) is 4.99 Å². The van der Waals surface area contributed by atoms with Crippen LogP contribution in [0.1, 0.15) is 6.93 Å². The molecule has 1 aliphatic rings. The number of hydrogen-bond acceptors (Lipinski definition) is 0. The summed E-state index contributed by atoms with van der Waals surface area (Å²) >= 11 is 0. The lowest BCUT2D eigenvalue weighted by atomic mass is 10.2. The van der Waals surface area contributed by atoms with Crippen molar-refractivity contribution in [2.75, 3.05) is 0 Å². The van der Waals surface area contributed by atoms with E-state index in [-0.39, 0.29) is 0 Å². The third kappa shape index (κ3) is 0.653.